The number of allylic oxidation sites excluding steroid dienone is 2. The molecule has 0 aliphatic carbocycles. The van der Waals surface area contributed by atoms with Crippen LogP contribution >= 0.6 is 0 Å². The number of ketones is 2. The van der Waals surface area contributed by atoms with Gasteiger partial charge in [-0.1, -0.05) is 12.0 Å². The van der Waals surface area contributed by atoms with E-state index in [1.54, 1.807) is 13.0 Å². The lowest BCUT2D eigenvalue weighted by molar-refractivity contribution is -0.113. The normalized spacial score (nSPS) is 7.67. The molecule has 0 rings (SSSR count). The first-order chi connectivity index (χ1) is 5.54. The first-order valence-electron chi connectivity index (χ1n) is 3.61. The third-order valence-corrected chi connectivity index (χ3v) is 0.702. The van der Waals surface area contributed by atoms with Gasteiger partial charge in [0.15, 0.2) is 5.78 Å². The minimum Gasteiger partial charge on any atom is -0.295 e. The van der Waals surface area contributed by atoms with E-state index in [9.17, 15) is 9.59 Å². The van der Waals surface area contributed by atoms with Crippen molar-refractivity contribution in [3.8, 4) is 11.8 Å². The highest BCUT2D eigenvalue weighted by molar-refractivity contribution is 5.93. The average Bonchev–Trinajstić information content (AvgIpc) is 1.87. The molecule has 2 heteroatoms. The third-order valence-electron chi connectivity index (χ3n) is 0.702. The number of hydrogen-bond donors (Lipinski definition) is 0. The van der Waals surface area contributed by atoms with Gasteiger partial charge in [-0.2, -0.15) is 0 Å². The van der Waals surface area contributed by atoms with Crippen molar-refractivity contribution in [3.05, 3.63) is 12.2 Å². The van der Waals surface area contributed by atoms with Gasteiger partial charge in [0.2, 0.25) is 5.78 Å². The summed E-state index contributed by atoms with van der Waals surface area (Å²) in [6.45, 7) is 6.43. The van der Waals surface area contributed by atoms with Crippen molar-refractivity contribution in [2.24, 2.45) is 0 Å². The minimum atomic E-state index is -0.0718. The van der Waals surface area contributed by atoms with E-state index in [4.69, 9.17) is 0 Å². The topological polar surface area (TPSA) is 34.1 Å². The van der Waals surface area contributed by atoms with Gasteiger partial charge >= 0.3 is 0 Å². The van der Waals surface area contributed by atoms with Gasteiger partial charge in [0, 0.05) is 6.92 Å². The van der Waals surface area contributed by atoms with Crippen LogP contribution in [0.15, 0.2) is 12.2 Å². The van der Waals surface area contributed by atoms with Crippen molar-refractivity contribution in [1.82, 2.24) is 0 Å². The summed E-state index contributed by atoms with van der Waals surface area (Å²) in [7, 11) is 0. The van der Waals surface area contributed by atoms with Gasteiger partial charge in [-0.25, -0.2) is 0 Å². The van der Waals surface area contributed by atoms with Crippen molar-refractivity contribution < 1.29 is 9.59 Å². The Hall–Kier alpha value is -1.36. The van der Waals surface area contributed by atoms with Gasteiger partial charge < -0.3 is 0 Å². The molecule has 0 unspecified atom stereocenters. The van der Waals surface area contributed by atoms with Crippen molar-refractivity contribution in [2.45, 2.75) is 27.7 Å². The Kier molecular flexibility index (Phi) is 10.6. The molecule has 66 valence electrons. The van der Waals surface area contributed by atoms with Crippen LogP contribution in [-0.4, -0.2) is 11.6 Å². The maximum Gasteiger partial charge on any atom is 0.202 e. The van der Waals surface area contributed by atoms with Crippen LogP contribution in [0.25, 0.3) is 0 Å². The van der Waals surface area contributed by atoms with Gasteiger partial charge in [-0.05, 0) is 32.8 Å². The Balaban J connectivity index is 0. The Bertz CT molecular complexity index is 226. The summed E-state index contributed by atoms with van der Waals surface area (Å²) >= 11 is 0. The van der Waals surface area contributed by atoms with Crippen LogP contribution < -0.4 is 0 Å². The molecule has 0 aliphatic heterocycles. The fraction of sp³-hybridized carbons (Fsp3) is 0.400. The smallest absolute Gasteiger partial charge is 0.202 e. The van der Waals surface area contributed by atoms with Gasteiger partial charge in [0.25, 0.3) is 0 Å². The molecule has 0 fully saturated rings. The van der Waals surface area contributed by atoms with Crippen molar-refractivity contribution in [2.75, 3.05) is 0 Å². The zero-order valence-corrected chi connectivity index (χ0v) is 7.97. The zero-order valence-electron chi connectivity index (χ0n) is 7.97. The second-order valence-corrected chi connectivity index (χ2v) is 2.04. The lowest BCUT2D eigenvalue weighted by Crippen LogP contribution is -1.77. The molecule has 0 bridgehead atoms. The summed E-state index contributed by atoms with van der Waals surface area (Å²) in [6, 6.07) is 0. The maximum absolute atomic E-state index is 9.96. The molecule has 0 N–H and O–H groups in total. The number of Topliss-reactive ketones (excluding diaryl/α,β-unsaturated/α-hetero) is 1. The molecule has 0 saturated heterocycles. The summed E-state index contributed by atoms with van der Waals surface area (Å²) in [5.74, 6) is 4.82. The first-order valence-corrected chi connectivity index (χ1v) is 3.61. The molecule has 2 nitrogen and oxygen atoms in total. The van der Waals surface area contributed by atoms with Crippen LogP contribution in [0, 0.1) is 11.8 Å². The van der Waals surface area contributed by atoms with Gasteiger partial charge in [0.1, 0.15) is 0 Å². The van der Waals surface area contributed by atoms with Crippen molar-refractivity contribution in [3.63, 3.8) is 0 Å². The molecule has 0 aliphatic rings. The molecular formula is C10H14O2. The summed E-state index contributed by atoms with van der Waals surface area (Å²) in [5.41, 5.74) is 0. The third kappa shape index (κ3) is 23.4. The SMILES string of the molecule is C/C=C/C(C)=O.CC#CC(C)=O. The van der Waals surface area contributed by atoms with Crippen LogP contribution in [0.5, 0.6) is 0 Å². The van der Waals surface area contributed by atoms with Crippen molar-refractivity contribution >= 4 is 11.6 Å². The molecule has 0 amide bonds. The highest BCUT2D eigenvalue weighted by Crippen LogP contribution is 1.69. The van der Waals surface area contributed by atoms with Crippen LogP contribution in [0.3, 0.4) is 0 Å². The van der Waals surface area contributed by atoms with E-state index in [2.05, 4.69) is 11.8 Å². The van der Waals surface area contributed by atoms with E-state index in [1.807, 2.05) is 6.92 Å². The molecule has 0 aromatic carbocycles. The van der Waals surface area contributed by atoms with E-state index in [1.165, 1.54) is 19.9 Å². The Labute approximate surface area is 73.7 Å². The highest BCUT2D eigenvalue weighted by atomic mass is 16.1. The fourth-order valence-corrected chi connectivity index (χ4v) is 0.411. The Morgan fingerprint density at radius 3 is 1.75 bits per heavy atom. The molecule has 0 spiro atoms. The zero-order chi connectivity index (χ0) is 9.98. The fourth-order valence-electron chi connectivity index (χ4n) is 0.411. The summed E-state index contributed by atoms with van der Waals surface area (Å²) < 4.78 is 0. The van der Waals surface area contributed by atoms with E-state index in [0.29, 0.717) is 0 Å². The van der Waals surface area contributed by atoms with E-state index >= 15 is 0 Å². The van der Waals surface area contributed by atoms with Gasteiger partial charge in [-0.15, -0.1) is 0 Å². The van der Waals surface area contributed by atoms with Gasteiger partial charge in [0.05, 0.1) is 0 Å². The lowest BCUT2D eigenvalue weighted by Gasteiger charge is -1.68. The number of carbonyl (C=O) groups is 2. The standard InChI is InChI=1S/C5H8O.C5H6O/c2*1-3-4-5(2)6/h3-4H,1-2H3;1-2H3/b4-3+;. The van der Waals surface area contributed by atoms with Gasteiger partial charge in [-0.3, -0.25) is 9.59 Å². The molecule has 0 radical (unpaired) electrons. The Morgan fingerprint density at radius 1 is 1.25 bits per heavy atom. The van der Waals surface area contributed by atoms with E-state index in [0.717, 1.165) is 0 Å². The molecular weight excluding hydrogens is 152 g/mol. The van der Waals surface area contributed by atoms with Crippen LogP contribution in [0.2, 0.25) is 0 Å². The molecule has 0 saturated carbocycles. The number of hydrogen-bond acceptors (Lipinski definition) is 2. The largest absolute Gasteiger partial charge is 0.295 e. The second-order valence-electron chi connectivity index (χ2n) is 2.04. The van der Waals surface area contributed by atoms with Crippen LogP contribution in [0.4, 0.5) is 0 Å². The lowest BCUT2D eigenvalue weighted by atomic mass is 10.4. The predicted molar refractivity (Wildman–Crippen MR) is 49.6 cm³/mol. The molecule has 0 aromatic rings. The first kappa shape index (κ1) is 13.2. The monoisotopic (exact) mass is 166 g/mol. The molecule has 0 aromatic heterocycles. The minimum absolute atomic E-state index is 0.0718. The van der Waals surface area contributed by atoms with Crippen molar-refractivity contribution in [1.29, 1.82) is 0 Å². The van der Waals surface area contributed by atoms with Crippen LogP contribution in [-0.2, 0) is 9.59 Å². The average molecular weight is 166 g/mol. The molecule has 0 atom stereocenters. The predicted octanol–water partition coefficient (Wildman–Crippen LogP) is 1.75. The maximum atomic E-state index is 9.96. The Morgan fingerprint density at radius 2 is 1.75 bits per heavy atom. The number of carbonyl (C=O) groups excluding carboxylic acids is 2. The second kappa shape index (κ2) is 9.64. The number of rotatable bonds is 1. The molecule has 12 heavy (non-hydrogen) atoms. The molecule has 0 heterocycles. The van der Waals surface area contributed by atoms with E-state index in [-0.39, 0.29) is 11.6 Å². The summed E-state index contributed by atoms with van der Waals surface area (Å²) in [6.07, 6.45) is 3.25. The quantitative estimate of drug-likeness (QED) is 0.338. The highest BCUT2D eigenvalue weighted by Gasteiger charge is 1.73. The van der Waals surface area contributed by atoms with E-state index < -0.39 is 0 Å². The summed E-state index contributed by atoms with van der Waals surface area (Å²) in [5, 5.41) is 0. The summed E-state index contributed by atoms with van der Waals surface area (Å²) in [4.78, 5) is 19.8. The van der Waals surface area contributed by atoms with Crippen LogP contribution in [0.1, 0.15) is 27.7 Å².